The summed E-state index contributed by atoms with van der Waals surface area (Å²) in [6.45, 7) is 4.61. The third-order valence-electron chi connectivity index (χ3n) is 6.36. The van der Waals surface area contributed by atoms with Crippen molar-refractivity contribution < 1.29 is 14.6 Å². The van der Waals surface area contributed by atoms with Gasteiger partial charge in [-0.2, -0.15) is 5.26 Å². The molecule has 1 saturated heterocycles. The van der Waals surface area contributed by atoms with Crippen LogP contribution >= 0.6 is 10.5 Å². The van der Waals surface area contributed by atoms with Crippen molar-refractivity contribution in [3.8, 4) is 11.8 Å². The van der Waals surface area contributed by atoms with Crippen molar-refractivity contribution in [3.63, 3.8) is 0 Å². The van der Waals surface area contributed by atoms with Gasteiger partial charge in [-0.1, -0.05) is 34.6 Å². The maximum atomic E-state index is 12.5. The van der Waals surface area contributed by atoms with Gasteiger partial charge in [0.25, 0.3) is 0 Å². The normalized spacial score (nSPS) is 21.2. The van der Waals surface area contributed by atoms with Gasteiger partial charge < -0.3 is 20.1 Å². The van der Waals surface area contributed by atoms with Gasteiger partial charge in [-0.15, -0.1) is 10.2 Å². The van der Waals surface area contributed by atoms with Crippen LogP contribution in [-0.4, -0.2) is 57.3 Å². The number of carbonyl (C=O) groups is 1. The quantitative estimate of drug-likeness (QED) is 0.626. The maximum absolute atomic E-state index is 12.5. The molecule has 2 heterocycles. The summed E-state index contributed by atoms with van der Waals surface area (Å²) < 4.78 is 5.74. The van der Waals surface area contributed by atoms with Crippen LogP contribution in [0.4, 0.5) is 4.79 Å². The predicted octanol–water partition coefficient (Wildman–Crippen LogP) is 3.54. The molecule has 0 bridgehead atoms. The number of hydrogen-bond acceptors (Lipinski definition) is 6. The molecule has 2 unspecified atom stereocenters. The van der Waals surface area contributed by atoms with Crippen molar-refractivity contribution >= 4 is 32.5 Å². The Morgan fingerprint density at radius 1 is 1.29 bits per heavy atom. The zero-order valence-electron chi connectivity index (χ0n) is 19.7. The Hall–Kier alpha value is -3.48. The minimum atomic E-state index is -0.620. The molecule has 0 saturated carbocycles. The molecular formula is C26H27N5O3S. The lowest BCUT2D eigenvalue weighted by Crippen LogP contribution is -2.57. The molecule has 8 nitrogen and oxygen atoms in total. The van der Waals surface area contributed by atoms with Gasteiger partial charge in [0.2, 0.25) is 0 Å². The number of hydrogen-bond donors (Lipinski definition) is 2. The molecule has 0 radical (unpaired) electrons. The van der Waals surface area contributed by atoms with Gasteiger partial charge in [-0.25, -0.2) is 4.79 Å². The van der Waals surface area contributed by atoms with E-state index in [0.717, 1.165) is 45.2 Å². The number of β-amino-alcohol motifs (C(OH)–C–C–N with tert-alkyl or cyclic N) is 1. The van der Waals surface area contributed by atoms with Crippen molar-refractivity contribution in [2.45, 2.75) is 44.9 Å². The summed E-state index contributed by atoms with van der Waals surface area (Å²) in [7, 11) is -0.620. The number of nitriles is 1. The van der Waals surface area contributed by atoms with E-state index in [2.05, 4.69) is 27.5 Å². The van der Waals surface area contributed by atoms with E-state index in [0.29, 0.717) is 24.4 Å². The van der Waals surface area contributed by atoms with Crippen molar-refractivity contribution in [1.82, 2.24) is 10.2 Å². The zero-order chi connectivity index (χ0) is 24.7. The first-order chi connectivity index (χ1) is 16.9. The summed E-state index contributed by atoms with van der Waals surface area (Å²) in [5, 5.41) is 32.7. The number of carbonyl (C=O) groups excluding carboxylic acids is 1. The molecule has 1 fully saturated rings. The van der Waals surface area contributed by atoms with E-state index in [1.807, 2.05) is 38.1 Å². The Bertz CT molecular complexity index is 1320. The molecule has 2 N–H and O–H groups in total. The van der Waals surface area contributed by atoms with E-state index in [4.69, 9.17) is 4.74 Å². The number of nitrogens with one attached hydrogen (secondary N) is 1. The van der Waals surface area contributed by atoms with Crippen molar-refractivity contribution in [2.24, 2.45) is 10.2 Å². The van der Waals surface area contributed by atoms with E-state index >= 15 is 0 Å². The lowest BCUT2D eigenvalue weighted by atomic mass is 10.0. The molecule has 5 rings (SSSR count). The molecule has 35 heavy (non-hydrogen) atoms. The van der Waals surface area contributed by atoms with Crippen LogP contribution in [0.25, 0.3) is 0 Å². The predicted molar refractivity (Wildman–Crippen MR) is 138 cm³/mol. The highest BCUT2D eigenvalue weighted by Gasteiger charge is 2.33. The van der Waals surface area contributed by atoms with Crippen LogP contribution in [-0.2, 0) is 6.42 Å². The third kappa shape index (κ3) is 4.35. The number of fused-ring (bicyclic) bond motifs is 1. The SMILES string of the molecule is C=S1C(c2ccc(OC(C)C)c(C#N)c2)=NN=C1c1cccc2c1CCC2NC(=O)N1CC(O)C1. The van der Waals surface area contributed by atoms with E-state index in [-0.39, 0.29) is 18.2 Å². The van der Waals surface area contributed by atoms with Crippen LogP contribution in [0.3, 0.4) is 0 Å². The second-order valence-electron chi connectivity index (χ2n) is 9.16. The zero-order valence-corrected chi connectivity index (χ0v) is 20.5. The monoisotopic (exact) mass is 489 g/mol. The fourth-order valence-corrected chi connectivity index (χ4v) is 5.97. The minimum Gasteiger partial charge on any atom is -0.490 e. The molecule has 2 aromatic carbocycles. The summed E-state index contributed by atoms with van der Waals surface area (Å²) in [6, 6.07) is 13.5. The Balaban J connectivity index is 1.35. The van der Waals surface area contributed by atoms with E-state index in [1.54, 1.807) is 17.0 Å². The molecule has 0 spiro atoms. The standard InChI is InChI=1S/C26H27N5O3S/c1-15(2)34-23-10-7-16(11-17(23)12-27)24-29-30-25(35(24)3)21-6-4-5-20-19(21)8-9-22(20)28-26(33)31-13-18(32)14-31/h4-7,10-11,15,18,22,32H,3,8-9,13-14H2,1-2H3,(H,28,33). The number of benzene rings is 2. The average molecular weight is 490 g/mol. The number of amides is 2. The molecule has 9 heteroatoms. The Morgan fingerprint density at radius 2 is 2.06 bits per heavy atom. The van der Waals surface area contributed by atoms with E-state index < -0.39 is 16.6 Å². The molecular weight excluding hydrogens is 462 g/mol. The highest BCUT2D eigenvalue weighted by molar-refractivity contribution is 8.39. The number of urea groups is 1. The minimum absolute atomic E-state index is 0.0274. The van der Waals surface area contributed by atoms with Gasteiger partial charge >= 0.3 is 6.03 Å². The topological polar surface area (TPSA) is 110 Å². The lowest BCUT2D eigenvalue weighted by molar-refractivity contribution is 0.0257. The van der Waals surface area contributed by atoms with Crippen LogP contribution in [0.2, 0.25) is 0 Å². The van der Waals surface area contributed by atoms with Crippen molar-refractivity contribution in [3.05, 3.63) is 64.2 Å². The van der Waals surface area contributed by atoms with Gasteiger partial charge in [0.1, 0.15) is 21.9 Å². The highest BCUT2D eigenvalue weighted by Crippen LogP contribution is 2.39. The first-order valence-corrected chi connectivity index (χ1v) is 13.0. The molecule has 180 valence electrons. The lowest BCUT2D eigenvalue weighted by Gasteiger charge is -2.36. The second-order valence-corrected chi connectivity index (χ2v) is 10.7. The fraction of sp³-hybridized carbons (Fsp3) is 0.346. The Kier molecular flexibility index (Phi) is 6.17. The number of rotatable bonds is 5. The Morgan fingerprint density at radius 3 is 2.77 bits per heavy atom. The van der Waals surface area contributed by atoms with Gasteiger partial charge in [0, 0.05) is 11.1 Å². The van der Waals surface area contributed by atoms with Crippen molar-refractivity contribution in [2.75, 3.05) is 13.1 Å². The first kappa shape index (κ1) is 23.3. The fourth-order valence-electron chi connectivity index (χ4n) is 4.64. The van der Waals surface area contributed by atoms with Crippen LogP contribution in [0, 0.1) is 11.3 Å². The average Bonchev–Trinajstić information content (AvgIpc) is 3.40. The smallest absolute Gasteiger partial charge is 0.318 e. The number of nitrogens with zero attached hydrogens (tertiary/aromatic N) is 4. The third-order valence-corrected chi connectivity index (χ3v) is 7.91. The first-order valence-electron chi connectivity index (χ1n) is 11.6. The van der Waals surface area contributed by atoms with Crippen molar-refractivity contribution in [1.29, 1.82) is 5.26 Å². The molecule has 1 aliphatic carbocycles. The van der Waals surface area contributed by atoms with Crippen LogP contribution in [0.15, 0.2) is 46.6 Å². The van der Waals surface area contributed by atoms with Crippen LogP contribution in [0.1, 0.15) is 54.1 Å². The molecule has 3 aliphatic rings. The van der Waals surface area contributed by atoms with Gasteiger partial charge in [0.15, 0.2) is 0 Å². The molecule has 2 aliphatic heterocycles. The largest absolute Gasteiger partial charge is 0.490 e. The molecule has 2 atom stereocenters. The Labute approximate surface area is 206 Å². The summed E-state index contributed by atoms with van der Waals surface area (Å²) >= 11 is 0. The summed E-state index contributed by atoms with van der Waals surface area (Å²) in [4.78, 5) is 14.1. The van der Waals surface area contributed by atoms with E-state index in [1.165, 1.54) is 0 Å². The number of ether oxygens (including phenoxy) is 1. The second kappa shape index (κ2) is 9.29. The molecule has 2 aromatic rings. The summed E-state index contributed by atoms with van der Waals surface area (Å²) in [6.07, 6.45) is 1.18. The summed E-state index contributed by atoms with van der Waals surface area (Å²) in [5.74, 6) is 4.93. The maximum Gasteiger partial charge on any atom is 0.318 e. The van der Waals surface area contributed by atoms with E-state index in [9.17, 15) is 15.2 Å². The van der Waals surface area contributed by atoms with Crippen LogP contribution < -0.4 is 10.1 Å². The van der Waals surface area contributed by atoms with Crippen LogP contribution in [0.5, 0.6) is 5.75 Å². The highest BCUT2D eigenvalue weighted by atomic mass is 32.2. The molecule has 2 amide bonds. The van der Waals surface area contributed by atoms with Gasteiger partial charge in [-0.3, -0.25) is 0 Å². The molecule has 0 aromatic heterocycles. The number of aliphatic hydroxyl groups excluding tert-OH is 1. The number of likely N-dealkylation sites (tertiary alicyclic amines) is 1. The van der Waals surface area contributed by atoms with Gasteiger partial charge in [0.05, 0.1) is 36.9 Å². The summed E-state index contributed by atoms with van der Waals surface area (Å²) in [5.41, 5.74) is 4.53. The van der Waals surface area contributed by atoms with Gasteiger partial charge in [-0.05, 0) is 56.0 Å². The number of aliphatic hydroxyl groups is 1.